The van der Waals surface area contributed by atoms with Gasteiger partial charge in [-0.2, -0.15) is 18.3 Å². The second-order valence-electron chi connectivity index (χ2n) is 8.74. The molecule has 0 bridgehead atoms. The van der Waals surface area contributed by atoms with Gasteiger partial charge < -0.3 is 10.0 Å². The maximum atomic E-state index is 13.6. The van der Waals surface area contributed by atoms with Gasteiger partial charge in [0, 0.05) is 18.5 Å². The lowest BCUT2D eigenvalue weighted by Crippen LogP contribution is -2.38. The van der Waals surface area contributed by atoms with Crippen LogP contribution in [0.4, 0.5) is 13.2 Å². The van der Waals surface area contributed by atoms with Crippen LogP contribution >= 0.6 is 0 Å². The summed E-state index contributed by atoms with van der Waals surface area (Å²) < 4.78 is 42.1. The van der Waals surface area contributed by atoms with Gasteiger partial charge in [0.2, 0.25) is 5.91 Å². The van der Waals surface area contributed by atoms with E-state index in [2.05, 4.69) is 5.10 Å². The smallest absolute Gasteiger partial charge is 0.435 e. The number of amides is 1. The van der Waals surface area contributed by atoms with E-state index in [1.807, 2.05) is 30.3 Å². The molecule has 0 saturated heterocycles. The summed E-state index contributed by atoms with van der Waals surface area (Å²) in [6, 6.07) is 9.16. The molecule has 32 heavy (non-hydrogen) atoms. The van der Waals surface area contributed by atoms with Crippen molar-refractivity contribution in [2.24, 2.45) is 11.8 Å². The molecule has 1 saturated carbocycles. The van der Waals surface area contributed by atoms with Gasteiger partial charge in [-0.1, -0.05) is 30.3 Å². The minimum absolute atomic E-state index is 0.0876. The van der Waals surface area contributed by atoms with E-state index in [9.17, 15) is 22.8 Å². The molecule has 0 unspecified atom stereocenters. The topological polar surface area (TPSA) is 75.4 Å². The third-order valence-corrected chi connectivity index (χ3v) is 6.59. The third-order valence-electron chi connectivity index (χ3n) is 6.59. The van der Waals surface area contributed by atoms with Crippen LogP contribution in [0.5, 0.6) is 0 Å². The van der Waals surface area contributed by atoms with E-state index in [4.69, 9.17) is 5.11 Å². The zero-order valence-corrected chi connectivity index (χ0v) is 17.6. The Morgan fingerprint density at radius 2 is 1.78 bits per heavy atom. The number of carbonyl (C=O) groups excluding carboxylic acids is 1. The first-order valence-corrected chi connectivity index (χ1v) is 10.9. The van der Waals surface area contributed by atoms with Crippen LogP contribution in [0.2, 0.25) is 0 Å². The number of benzene rings is 1. The molecule has 1 aromatic carbocycles. The lowest BCUT2D eigenvalue weighted by molar-refractivity contribution is -0.143. The molecule has 9 heteroatoms. The van der Waals surface area contributed by atoms with Crippen molar-refractivity contribution in [1.82, 2.24) is 14.7 Å². The van der Waals surface area contributed by atoms with Crippen molar-refractivity contribution in [3.05, 3.63) is 52.8 Å². The zero-order chi connectivity index (χ0) is 22.9. The van der Waals surface area contributed by atoms with E-state index in [0.29, 0.717) is 37.8 Å². The zero-order valence-electron chi connectivity index (χ0n) is 17.6. The molecule has 1 aliphatic heterocycles. The second kappa shape index (κ2) is 8.96. The molecule has 1 aromatic heterocycles. The van der Waals surface area contributed by atoms with Gasteiger partial charge in [0.05, 0.1) is 24.7 Å². The van der Waals surface area contributed by atoms with Gasteiger partial charge in [-0.3, -0.25) is 14.3 Å². The number of alkyl halides is 3. The van der Waals surface area contributed by atoms with Crippen molar-refractivity contribution >= 4 is 11.9 Å². The van der Waals surface area contributed by atoms with Gasteiger partial charge in [-0.15, -0.1) is 0 Å². The Morgan fingerprint density at radius 3 is 2.41 bits per heavy atom. The van der Waals surface area contributed by atoms with Crippen LogP contribution in [0, 0.1) is 11.8 Å². The highest BCUT2D eigenvalue weighted by Gasteiger charge is 2.41. The molecule has 172 valence electrons. The third kappa shape index (κ3) is 4.81. The number of carboxylic acid groups (broad SMARTS) is 1. The van der Waals surface area contributed by atoms with Crippen LogP contribution in [0.3, 0.4) is 0 Å². The van der Waals surface area contributed by atoms with Crippen molar-refractivity contribution in [1.29, 1.82) is 0 Å². The SMILES string of the molecule is O=C(C[C@H]1CC[C@H](C(=O)O)CC1)N1CCc2c(C(F)(F)F)nn(Cc3ccccc3)c2C1. The van der Waals surface area contributed by atoms with Crippen molar-refractivity contribution in [3.8, 4) is 0 Å². The Hall–Kier alpha value is -2.84. The van der Waals surface area contributed by atoms with Crippen molar-refractivity contribution in [2.75, 3.05) is 6.54 Å². The van der Waals surface area contributed by atoms with Crippen LogP contribution in [0.1, 0.15) is 54.6 Å². The predicted octanol–water partition coefficient (Wildman–Crippen LogP) is 4.12. The maximum absolute atomic E-state index is 13.6. The van der Waals surface area contributed by atoms with Gasteiger partial charge in [0.25, 0.3) is 0 Å². The molecular weight excluding hydrogens is 423 g/mol. The Bertz CT molecular complexity index is 980. The van der Waals surface area contributed by atoms with E-state index in [-0.39, 0.29) is 49.4 Å². The normalized spacial score (nSPS) is 21.3. The fraction of sp³-hybridized carbons (Fsp3) is 0.522. The average molecular weight is 449 g/mol. The molecule has 4 rings (SSSR count). The quantitative estimate of drug-likeness (QED) is 0.745. The summed E-state index contributed by atoms with van der Waals surface area (Å²) in [7, 11) is 0. The van der Waals surface area contributed by atoms with Gasteiger partial charge in [0.15, 0.2) is 5.69 Å². The van der Waals surface area contributed by atoms with Crippen molar-refractivity contribution in [3.63, 3.8) is 0 Å². The predicted molar refractivity (Wildman–Crippen MR) is 110 cm³/mol. The van der Waals surface area contributed by atoms with Gasteiger partial charge >= 0.3 is 12.1 Å². The van der Waals surface area contributed by atoms with Gasteiger partial charge in [0.1, 0.15) is 0 Å². The molecule has 1 fully saturated rings. The number of hydrogen-bond acceptors (Lipinski definition) is 3. The molecule has 2 heterocycles. The van der Waals surface area contributed by atoms with E-state index >= 15 is 0 Å². The number of aromatic nitrogens is 2. The number of carbonyl (C=O) groups is 2. The van der Waals surface area contributed by atoms with Gasteiger partial charge in [-0.25, -0.2) is 0 Å². The molecular formula is C23H26F3N3O3. The summed E-state index contributed by atoms with van der Waals surface area (Å²) in [6.45, 7) is 0.547. The standard InChI is InChI=1S/C23H26F3N3O3/c24-23(25,26)21-18-10-11-28(20(30)12-15-6-8-17(9-7-15)22(31)32)14-19(18)29(27-21)13-16-4-2-1-3-5-16/h1-5,15,17H,6-14H2,(H,31,32)/t15-,17-. The number of hydrogen-bond donors (Lipinski definition) is 1. The average Bonchev–Trinajstić information content (AvgIpc) is 3.13. The highest BCUT2D eigenvalue weighted by Crippen LogP contribution is 2.36. The number of carboxylic acids is 1. The van der Waals surface area contributed by atoms with E-state index in [1.165, 1.54) is 4.68 Å². The largest absolute Gasteiger partial charge is 0.481 e. The van der Waals surface area contributed by atoms with Crippen LogP contribution in [0.15, 0.2) is 30.3 Å². The molecule has 2 aliphatic rings. The van der Waals surface area contributed by atoms with Gasteiger partial charge in [-0.05, 0) is 43.6 Å². The number of aliphatic carboxylic acids is 1. The van der Waals surface area contributed by atoms with Crippen molar-refractivity contribution in [2.45, 2.75) is 57.8 Å². The van der Waals surface area contributed by atoms with Crippen molar-refractivity contribution < 1.29 is 27.9 Å². The molecule has 1 amide bonds. The number of rotatable bonds is 5. The highest BCUT2D eigenvalue weighted by molar-refractivity contribution is 5.77. The Balaban J connectivity index is 1.49. The molecule has 0 spiro atoms. The summed E-state index contributed by atoms with van der Waals surface area (Å²) >= 11 is 0. The Labute approximate surface area is 184 Å². The molecule has 2 aromatic rings. The summed E-state index contributed by atoms with van der Waals surface area (Å²) in [5, 5.41) is 13.0. The lowest BCUT2D eigenvalue weighted by atomic mass is 9.80. The van der Waals surface area contributed by atoms with Crippen LogP contribution in [-0.2, 0) is 35.3 Å². The molecule has 0 atom stereocenters. The number of nitrogens with zero attached hydrogens (tertiary/aromatic N) is 3. The number of fused-ring (bicyclic) bond motifs is 1. The Kier molecular flexibility index (Phi) is 6.26. The lowest BCUT2D eigenvalue weighted by Gasteiger charge is -2.31. The fourth-order valence-corrected chi connectivity index (χ4v) is 4.80. The summed E-state index contributed by atoms with van der Waals surface area (Å²) in [4.78, 5) is 25.7. The molecule has 6 nitrogen and oxygen atoms in total. The monoisotopic (exact) mass is 449 g/mol. The molecule has 1 aliphatic carbocycles. The first-order valence-electron chi connectivity index (χ1n) is 10.9. The highest BCUT2D eigenvalue weighted by atomic mass is 19.4. The number of halogens is 3. The Morgan fingerprint density at radius 1 is 1.09 bits per heavy atom. The minimum atomic E-state index is -4.54. The first kappa shape index (κ1) is 22.4. The van der Waals surface area contributed by atoms with E-state index in [0.717, 1.165) is 5.56 Å². The minimum Gasteiger partial charge on any atom is -0.481 e. The maximum Gasteiger partial charge on any atom is 0.435 e. The van der Waals surface area contributed by atoms with Crippen LogP contribution in [-0.4, -0.2) is 38.2 Å². The summed E-state index contributed by atoms with van der Waals surface area (Å²) in [6.07, 6.45) is -1.61. The molecule has 0 radical (unpaired) electrons. The van der Waals surface area contributed by atoms with Crippen LogP contribution in [0.25, 0.3) is 0 Å². The summed E-state index contributed by atoms with van der Waals surface area (Å²) in [5.41, 5.74) is 0.600. The van der Waals surface area contributed by atoms with E-state index < -0.39 is 17.8 Å². The first-order chi connectivity index (χ1) is 15.2. The fourth-order valence-electron chi connectivity index (χ4n) is 4.80. The van der Waals surface area contributed by atoms with Crippen LogP contribution < -0.4 is 0 Å². The summed E-state index contributed by atoms with van der Waals surface area (Å²) in [5.74, 6) is -1.09. The second-order valence-corrected chi connectivity index (χ2v) is 8.74. The van der Waals surface area contributed by atoms with E-state index in [1.54, 1.807) is 4.90 Å². The molecule has 1 N–H and O–H groups in total.